The van der Waals surface area contributed by atoms with Crippen LogP contribution in [-0.2, 0) is 0 Å². The second kappa shape index (κ2) is 4.89. The summed E-state index contributed by atoms with van der Waals surface area (Å²) in [6.45, 7) is 4.18. The predicted octanol–water partition coefficient (Wildman–Crippen LogP) is 6.05. The van der Waals surface area contributed by atoms with Crippen LogP contribution in [0.1, 0.15) is 25.6 Å². The highest BCUT2D eigenvalue weighted by Crippen LogP contribution is 2.40. The van der Waals surface area contributed by atoms with Crippen LogP contribution in [0.2, 0.25) is 0 Å². The van der Waals surface area contributed by atoms with Crippen molar-refractivity contribution < 1.29 is 4.39 Å². The van der Waals surface area contributed by atoms with E-state index in [0.717, 1.165) is 20.5 Å². The molecule has 1 aromatic carbocycles. The molecule has 4 heteroatoms. The average molecular weight is 311 g/mol. The largest absolute Gasteiger partial charge is 0.207 e. The van der Waals surface area contributed by atoms with Crippen LogP contribution < -0.4 is 0 Å². The third-order valence-electron chi connectivity index (χ3n) is 3.10. The van der Waals surface area contributed by atoms with E-state index in [1.54, 1.807) is 34.8 Å². The Morgan fingerprint density at radius 1 is 1.11 bits per heavy atom. The lowest BCUT2D eigenvalue weighted by atomic mass is 10.1. The Bertz CT molecular complexity index is 742. The lowest BCUT2D eigenvalue weighted by Crippen LogP contribution is -1.89. The summed E-state index contributed by atoms with van der Waals surface area (Å²) in [5.41, 5.74) is 1.16. The maximum absolute atomic E-state index is 13.2. The fourth-order valence-electron chi connectivity index (χ4n) is 2.21. The SMILES string of the molecule is Cc1cc(C(Cl)c2cc3ccc(F)cc3s2)c(C)s1. The zero-order valence-corrected chi connectivity index (χ0v) is 12.9. The third kappa shape index (κ3) is 2.42. The minimum Gasteiger partial charge on any atom is -0.207 e. The fraction of sp³-hybridized carbons (Fsp3) is 0.200. The first-order chi connectivity index (χ1) is 9.04. The number of fused-ring (bicyclic) bond motifs is 1. The quantitative estimate of drug-likeness (QED) is 0.506. The molecule has 0 N–H and O–H groups in total. The summed E-state index contributed by atoms with van der Waals surface area (Å²) in [4.78, 5) is 3.59. The van der Waals surface area contributed by atoms with Crippen LogP contribution in [0.15, 0.2) is 30.3 Å². The van der Waals surface area contributed by atoms with Crippen molar-refractivity contribution in [2.24, 2.45) is 0 Å². The molecular formula is C15H12ClFS2. The van der Waals surface area contributed by atoms with E-state index in [1.807, 2.05) is 0 Å². The Morgan fingerprint density at radius 3 is 2.58 bits per heavy atom. The van der Waals surface area contributed by atoms with Gasteiger partial charge in [0.2, 0.25) is 0 Å². The summed E-state index contributed by atoms with van der Waals surface area (Å²) in [5, 5.41) is 0.905. The molecule has 3 rings (SSSR count). The molecule has 0 fully saturated rings. The van der Waals surface area contributed by atoms with E-state index in [9.17, 15) is 4.39 Å². The lowest BCUT2D eigenvalue weighted by molar-refractivity contribution is 0.630. The van der Waals surface area contributed by atoms with Crippen LogP contribution in [0.3, 0.4) is 0 Å². The van der Waals surface area contributed by atoms with Gasteiger partial charge < -0.3 is 0 Å². The van der Waals surface area contributed by atoms with Crippen molar-refractivity contribution in [3.05, 3.63) is 56.3 Å². The van der Waals surface area contributed by atoms with Crippen molar-refractivity contribution in [1.82, 2.24) is 0 Å². The molecule has 0 aliphatic carbocycles. The fourth-order valence-corrected chi connectivity index (χ4v) is 4.74. The molecule has 0 spiro atoms. The maximum Gasteiger partial charge on any atom is 0.124 e. The van der Waals surface area contributed by atoms with Crippen LogP contribution in [0.5, 0.6) is 0 Å². The molecule has 0 amide bonds. The van der Waals surface area contributed by atoms with Crippen LogP contribution in [0.4, 0.5) is 4.39 Å². The molecule has 0 saturated carbocycles. The first kappa shape index (κ1) is 13.1. The highest BCUT2D eigenvalue weighted by atomic mass is 35.5. The topological polar surface area (TPSA) is 0 Å². The number of rotatable bonds is 2. The van der Waals surface area contributed by atoms with Crippen molar-refractivity contribution >= 4 is 44.4 Å². The molecule has 0 aliphatic rings. The van der Waals surface area contributed by atoms with Crippen molar-refractivity contribution in [2.45, 2.75) is 19.2 Å². The minimum atomic E-state index is -0.199. The average Bonchev–Trinajstić information content (AvgIpc) is 2.91. The maximum atomic E-state index is 13.2. The third-order valence-corrected chi connectivity index (χ3v) is 5.85. The van der Waals surface area contributed by atoms with Gasteiger partial charge >= 0.3 is 0 Å². The molecule has 0 bridgehead atoms. The molecule has 19 heavy (non-hydrogen) atoms. The normalized spacial score (nSPS) is 13.1. The number of thiophene rings is 2. The molecule has 98 valence electrons. The summed E-state index contributed by atoms with van der Waals surface area (Å²) in [6, 6.07) is 9.06. The van der Waals surface area contributed by atoms with Crippen molar-refractivity contribution in [2.75, 3.05) is 0 Å². The predicted molar refractivity (Wildman–Crippen MR) is 83.3 cm³/mol. The number of benzene rings is 1. The summed E-state index contributed by atoms with van der Waals surface area (Å²) in [7, 11) is 0. The van der Waals surface area contributed by atoms with Crippen molar-refractivity contribution in [3.63, 3.8) is 0 Å². The van der Waals surface area contributed by atoms with Gasteiger partial charge in [0.25, 0.3) is 0 Å². The summed E-state index contributed by atoms with van der Waals surface area (Å²) < 4.78 is 14.2. The minimum absolute atomic E-state index is 0.148. The van der Waals surface area contributed by atoms with E-state index in [-0.39, 0.29) is 11.2 Å². The monoisotopic (exact) mass is 310 g/mol. The molecule has 0 nitrogen and oxygen atoms in total. The van der Waals surface area contributed by atoms with Gasteiger partial charge in [0.15, 0.2) is 0 Å². The highest BCUT2D eigenvalue weighted by molar-refractivity contribution is 7.19. The van der Waals surface area contributed by atoms with Gasteiger partial charge in [-0.15, -0.1) is 34.3 Å². The van der Waals surface area contributed by atoms with Crippen LogP contribution in [0, 0.1) is 19.7 Å². The first-order valence-corrected chi connectivity index (χ1v) is 8.01. The Labute approximate surface area is 124 Å². The molecule has 2 heterocycles. The molecule has 0 saturated heterocycles. The second-order valence-electron chi connectivity index (χ2n) is 4.56. The Kier molecular flexibility index (Phi) is 3.37. The molecular weight excluding hydrogens is 299 g/mol. The van der Waals surface area contributed by atoms with Gasteiger partial charge in [-0.2, -0.15) is 0 Å². The van der Waals surface area contributed by atoms with E-state index in [4.69, 9.17) is 11.6 Å². The van der Waals surface area contributed by atoms with Gasteiger partial charge in [0, 0.05) is 19.3 Å². The zero-order valence-electron chi connectivity index (χ0n) is 10.5. The van der Waals surface area contributed by atoms with Gasteiger partial charge in [-0.05, 0) is 49.1 Å². The van der Waals surface area contributed by atoms with Crippen LogP contribution >= 0.6 is 34.3 Å². The van der Waals surface area contributed by atoms with Gasteiger partial charge in [0.05, 0.1) is 5.38 Å². The van der Waals surface area contributed by atoms with E-state index in [2.05, 4.69) is 26.0 Å². The van der Waals surface area contributed by atoms with Crippen LogP contribution in [0.25, 0.3) is 10.1 Å². The molecule has 2 aromatic heterocycles. The van der Waals surface area contributed by atoms with Crippen molar-refractivity contribution in [1.29, 1.82) is 0 Å². The van der Waals surface area contributed by atoms with Gasteiger partial charge in [-0.1, -0.05) is 6.07 Å². The van der Waals surface area contributed by atoms with E-state index in [1.165, 1.54) is 15.8 Å². The van der Waals surface area contributed by atoms with E-state index >= 15 is 0 Å². The van der Waals surface area contributed by atoms with Crippen LogP contribution in [-0.4, -0.2) is 0 Å². The summed E-state index contributed by atoms with van der Waals surface area (Å²) in [5.74, 6) is -0.199. The van der Waals surface area contributed by atoms with Gasteiger partial charge in [-0.25, -0.2) is 4.39 Å². The summed E-state index contributed by atoms with van der Waals surface area (Å²) in [6.07, 6.45) is 0. The van der Waals surface area contributed by atoms with E-state index < -0.39 is 0 Å². The smallest absolute Gasteiger partial charge is 0.124 e. The number of hydrogen-bond donors (Lipinski definition) is 0. The Balaban J connectivity index is 2.06. The van der Waals surface area contributed by atoms with Gasteiger partial charge in [0.1, 0.15) is 5.82 Å². The number of halogens is 2. The highest BCUT2D eigenvalue weighted by Gasteiger charge is 2.18. The molecule has 0 radical (unpaired) electrons. The Hall–Kier alpha value is -0.900. The van der Waals surface area contributed by atoms with Gasteiger partial charge in [-0.3, -0.25) is 0 Å². The number of aryl methyl sites for hydroxylation is 2. The first-order valence-electron chi connectivity index (χ1n) is 5.94. The molecule has 0 aliphatic heterocycles. The Morgan fingerprint density at radius 2 is 1.89 bits per heavy atom. The molecule has 3 aromatic rings. The molecule has 1 unspecified atom stereocenters. The zero-order chi connectivity index (χ0) is 13.6. The second-order valence-corrected chi connectivity index (χ2v) is 7.57. The number of hydrogen-bond acceptors (Lipinski definition) is 2. The van der Waals surface area contributed by atoms with E-state index in [0.29, 0.717) is 0 Å². The standard InChI is InChI=1S/C15H12ClFS2/c1-8-5-12(9(2)18-8)15(16)14-6-10-3-4-11(17)7-13(10)19-14/h3-7,15H,1-2H3. The van der Waals surface area contributed by atoms with Crippen molar-refractivity contribution in [3.8, 4) is 0 Å². The summed E-state index contributed by atoms with van der Waals surface area (Å²) >= 11 is 9.91. The molecule has 1 atom stereocenters. The lowest BCUT2D eigenvalue weighted by Gasteiger charge is -2.05. The number of alkyl halides is 1.